The van der Waals surface area contributed by atoms with Gasteiger partial charge < -0.3 is 24.3 Å². The van der Waals surface area contributed by atoms with E-state index in [-0.39, 0.29) is 18.1 Å². The van der Waals surface area contributed by atoms with E-state index in [2.05, 4.69) is 5.32 Å². The number of carbonyl (C=O) groups excluding carboxylic acids is 5. The smallest absolute Gasteiger partial charge is 0.303 e. The Labute approximate surface area is 167 Å². The molecule has 1 fully saturated rings. The summed E-state index contributed by atoms with van der Waals surface area (Å²) in [5.41, 5.74) is -0.951. The molecular weight excluding hydrogens is 394 g/mol. The molecule has 1 aliphatic heterocycles. The van der Waals surface area contributed by atoms with Gasteiger partial charge in [-0.15, -0.1) is 0 Å². The van der Waals surface area contributed by atoms with Crippen LogP contribution in [0.5, 0.6) is 0 Å². The molecule has 1 saturated heterocycles. The maximum Gasteiger partial charge on any atom is 0.303 e. The van der Waals surface area contributed by atoms with Crippen molar-refractivity contribution in [3.63, 3.8) is 0 Å². The van der Waals surface area contributed by atoms with Crippen molar-refractivity contribution in [3.05, 3.63) is 0 Å². The van der Waals surface area contributed by atoms with E-state index in [1.807, 2.05) is 0 Å². The van der Waals surface area contributed by atoms with Crippen LogP contribution in [0.1, 0.15) is 41.0 Å². The van der Waals surface area contributed by atoms with E-state index in [4.69, 9.17) is 18.9 Å². The molecule has 1 rings (SSSR count). The lowest BCUT2D eigenvalue weighted by Gasteiger charge is -2.44. The van der Waals surface area contributed by atoms with E-state index < -0.39 is 53.6 Å². The second-order valence-electron chi connectivity index (χ2n) is 6.06. The Kier molecular flexibility index (Phi) is 9.39. The molecule has 1 N–H and O–H groups in total. The molecule has 1 amide bonds. The number of nitrogens with one attached hydrogen (secondary N) is 1. The highest BCUT2D eigenvalue weighted by molar-refractivity contribution is 8.14. The number of amides is 1. The zero-order chi connectivity index (χ0) is 21.4. The van der Waals surface area contributed by atoms with Crippen molar-refractivity contribution in [1.82, 2.24) is 5.32 Å². The summed E-state index contributed by atoms with van der Waals surface area (Å²) in [6, 6.07) is -0.972. The highest BCUT2D eigenvalue weighted by Crippen LogP contribution is 2.33. The molecule has 11 heteroatoms. The van der Waals surface area contributed by atoms with Gasteiger partial charge in [0.25, 0.3) is 0 Å². The van der Waals surface area contributed by atoms with Crippen molar-refractivity contribution < 1.29 is 42.9 Å². The second kappa shape index (κ2) is 11.0. The fraction of sp³-hybridized carbons (Fsp3) is 0.706. The van der Waals surface area contributed by atoms with Crippen LogP contribution < -0.4 is 5.32 Å². The van der Waals surface area contributed by atoms with Crippen molar-refractivity contribution >= 4 is 40.7 Å². The minimum atomic E-state index is -1.16. The average Bonchev–Trinajstić information content (AvgIpc) is 2.57. The summed E-state index contributed by atoms with van der Waals surface area (Å²) in [7, 11) is 0. The first-order chi connectivity index (χ1) is 13.0. The van der Waals surface area contributed by atoms with E-state index >= 15 is 0 Å². The second-order valence-corrected chi connectivity index (χ2v) is 7.22. The molecule has 28 heavy (non-hydrogen) atoms. The molecule has 1 heterocycles. The van der Waals surface area contributed by atoms with Crippen LogP contribution in [0.15, 0.2) is 0 Å². The van der Waals surface area contributed by atoms with Gasteiger partial charge in [-0.2, -0.15) is 0 Å². The molecule has 0 aromatic heterocycles. The lowest BCUT2D eigenvalue weighted by atomic mass is 9.97. The minimum Gasteiger partial charge on any atom is -0.463 e. The van der Waals surface area contributed by atoms with Gasteiger partial charge in [-0.25, -0.2) is 0 Å². The Bertz CT molecular complexity index is 624. The molecule has 0 aromatic rings. The molecule has 158 valence electrons. The molecule has 0 saturated carbocycles. The minimum absolute atomic E-state index is 0.206. The number of thioether (sulfide) groups is 1. The first-order valence-corrected chi connectivity index (χ1v) is 9.52. The Morgan fingerprint density at radius 3 is 1.96 bits per heavy atom. The number of hydrogen-bond acceptors (Lipinski definition) is 10. The van der Waals surface area contributed by atoms with Crippen LogP contribution >= 0.6 is 11.8 Å². The van der Waals surface area contributed by atoms with Gasteiger partial charge in [-0.3, -0.25) is 24.0 Å². The van der Waals surface area contributed by atoms with E-state index in [0.29, 0.717) is 0 Å². The monoisotopic (exact) mass is 419 g/mol. The summed E-state index contributed by atoms with van der Waals surface area (Å²) in [6.07, 6.45) is -3.12. The molecule has 0 radical (unpaired) electrons. The topological polar surface area (TPSA) is 134 Å². The molecule has 1 aliphatic rings. The van der Waals surface area contributed by atoms with Crippen LogP contribution in [-0.4, -0.2) is 65.3 Å². The lowest BCUT2D eigenvalue weighted by Crippen LogP contribution is -2.65. The largest absolute Gasteiger partial charge is 0.463 e. The van der Waals surface area contributed by atoms with Gasteiger partial charge in [0, 0.05) is 34.1 Å². The van der Waals surface area contributed by atoms with Gasteiger partial charge in [-0.1, -0.05) is 18.7 Å². The fourth-order valence-corrected chi connectivity index (χ4v) is 3.60. The van der Waals surface area contributed by atoms with Crippen LogP contribution in [0, 0.1) is 0 Å². The average molecular weight is 419 g/mol. The summed E-state index contributed by atoms with van der Waals surface area (Å²) in [5, 5.41) is 2.37. The van der Waals surface area contributed by atoms with E-state index in [1.165, 1.54) is 13.8 Å². The third-order valence-corrected chi connectivity index (χ3v) is 4.80. The van der Waals surface area contributed by atoms with Gasteiger partial charge in [-0.05, 0) is 0 Å². The Morgan fingerprint density at radius 2 is 1.50 bits per heavy atom. The number of ether oxygens (including phenoxy) is 4. The third kappa shape index (κ3) is 7.47. The third-order valence-electron chi connectivity index (χ3n) is 3.61. The number of hydrogen-bond donors (Lipinski definition) is 1. The van der Waals surface area contributed by atoms with E-state index in [1.54, 1.807) is 6.92 Å². The van der Waals surface area contributed by atoms with Crippen molar-refractivity contribution in [2.45, 2.75) is 70.8 Å². The SMILES string of the molecule is CCC(=O)S[C@H]1O[C@H](COC(C)=O)[C@H](OC(C)=O)[C@H](OC(C)=O)[C@H]1NC(C)=O. The quantitative estimate of drug-likeness (QED) is 0.454. The summed E-state index contributed by atoms with van der Waals surface area (Å²) in [4.78, 5) is 58.1. The summed E-state index contributed by atoms with van der Waals surface area (Å²) in [6.45, 7) is 6.12. The first kappa shape index (κ1) is 23.9. The molecule has 10 nitrogen and oxygen atoms in total. The van der Waals surface area contributed by atoms with Gasteiger partial charge in [0.2, 0.25) is 5.91 Å². The Morgan fingerprint density at radius 1 is 0.929 bits per heavy atom. The number of esters is 3. The summed E-state index contributed by atoms with van der Waals surface area (Å²) in [5.74, 6) is -2.42. The van der Waals surface area contributed by atoms with Gasteiger partial charge >= 0.3 is 17.9 Å². The van der Waals surface area contributed by atoms with Gasteiger partial charge in [0.15, 0.2) is 17.3 Å². The van der Waals surface area contributed by atoms with E-state index in [9.17, 15) is 24.0 Å². The molecule has 0 aromatic carbocycles. The summed E-state index contributed by atoms with van der Waals surface area (Å²) < 4.78 is 21.4. The van der Waals surface area contributed by atoms with Crippen LogP contribution in [0.25, 0.3) is 0 Å². The molecule has 5 atom stereocenters. The molecular formula is C17H25NO9S. The molecule has 0 aliphatic carbocycles. The van der Waals surface area contributed by atoms with Crippen molar-refractivity contribution in [2.75, 3.05) is 6.61 Å². The zero-order valence-electron chi connectivity index (χ0n) is 16.4. The normalized spacial score (nSPS) is 26.7. The van der Waals surface area contributed by atoms with Crippen LogP contribution in [0.4, 0.5) is 0 Å². The zero-order valence-corrected chi connectivity index (χ0v) is 17.2. The highest BCUT2D eigenvalue weighted by Gasteiger charge is 2.51. The van der Waals surface area contributed by atoms with Gasteiger partial charge in [0.1, 0.15) is 24.2 Å². The van der Waals surface area contributed by atoms with Gasteiger partial charge in [0.05, 0.1) is 0 Å². The van der Waals surface area contributed by atoms with Crippen molar-refractivity contribution in [2.24, 2.45) is 0 Å². The highest BCUT2D eigenvalue weighted by atomic mass is 32.2. The lowest BCUT2D eigenvalue weighted by molar-refractivity contribution is -0.211. The van der Waals surface area contributed by atoms with E-state index in [0.717, 1.165) is 25.6 Å². The van der Waals surface area contributed by atoms with Crippen LogP contribution in [0.2, 0.25) is 0 Å². The summed E-state index contributed by atoms with van der Waals surface area (Å²) >= 11 is 0.812. The van der Waals surface area contributed by atoms with Crippen molar-refractivity contribution in [1.29, 1.82) is 0 Å². The predicted octanol–water partition coefficient (Wildman–Crippen LogP) is 0.312. The number of rotatable bonds is 7. The Balaban J connectivity index is 3.30. The van der Waals surface area contributed by atoms with Crippen LogP contribution in [0.3, 0.4) is 0 Å². The molecule has 0 bridgehead atoms. The first-order valence-electron chi connectivity index (χ1n) is 8.65. The maximum atomic E-state index is 12.0. The molecule has 0 spiro atoms. The van der Waals surface area contributed by atoms with Crippen molar-refractivity contribution in [3.8, 4) is 0 Å². The fourth-order valence-electron chi connectivity index (χ4n) is 2.60. The predicted molar refractivity (Wildman–Crippen MR) is 96.9 cm³/mol. The van der Waals surface area contributed by atoms with Crippen LogP contribution in [-0.2, 0) is 42.9 Å². The standard InChI is InChI=1S/C17H25NO9S/c1-6-13(23)28-17-14(18-8(2)19)16(26-11(5)22)15(25-10(4)21)12(27-17)7-24-9(3)20/h12,14-17H,6-7H2,1-5H3,(H,18,19)/t12-,14-,15+,16-,17-/m1/s1. The molecule has 0 unspecified atom stereocenters. The maximum absolute atomic E-state index is 12.0. The Hall–Kier alpha value is -2.14. The number of carbonyl (C=O) groups is 5.